The summed E-state index contributed by atoms with van der Waals surface area (Å²) >= 11 is 6.42. The zero-order valence-electron chi connectivity index (χ0n) is 14.8. The molecule has 0 heterocycles. The number of aliphatic carboxylic acids is 1. The molecule has 2 rings (SSSR count). The molecule has 0 saturated heterocycles. The highest BCUT2D eigenvalue weighted by Gasteiger charge is 2.39. The number of rotatable bonds is 10. The molecule has 0 bridgehead atoms. The predicted molar refractivity (Wildman–Crippen MR) is 99.6 cm³/mol. The number of halogens is 1. The van der Waals surface area contributed by atoms with E-state index in [0.29, 0.717) is 25.2 Å². The first-order valence-electron chi connectivity index (χ1n) is 9.52. The zero-order chi connectivity index (χ0) is 18.2. The molecular formula is C20H31ClO4. The summed E-state index contributed by atoms with van der Waals surface area (Å²) in [7, 11) is 0. The molecule has 3 N–H and O–H groups in total. The molecule has 0 aliphatic heterocycles. The standard InChI is InChI=1S/C20H31ClO4/c21-17-13-19(23)16(10-6-11-18(22)14-7-5-8-14)15(17)9-3-1-2-4-12-20(24)25/h1,3,6,10,14-19,22-23H,2,4-5,7-9,11-13H2,(H,24,25)/t15-,16-,17-,18?,19-/m1/s1. The van der Waals surface area contributed by atoms with E-state index in [1.807, 2.05) is 18.2 Å². The van der Waals surface area contributed by atoms with E-state index in [1.165, 1.54) is 6.42 Å². The number of aliphatic hydroxyl groups excluding tert-OH is 2. The first-order chi connectivity index (χ1) is 12.0. The monoisotopic (exact) mass is 370 g/mol. The van der Waals surface area contributed by atoms with Gasteiger partial charge in [-0.1, -0.05) is 30.7 Å². The lowest BCUT2D eigenvalue weighted by Crippen LogP contribution is -2.26. The maximum absolute atomic E-state index is 10.5. The summed E-state index contributed by atoms with van der Waals surface area (Å²) in [5.41, 5.74) is 0. The second kappa shape index (κ2) is 10.3. The fraction of sp³-hybridized carbons (Fsp3) is 0.750. The molecule has 0 spiro atoms. The molecular weight excluding hydrogens is 340 g/mol. The largest absolute Gasteiger partial charge is 0.481 e. The topological polar surface area (TPSA) is 77.8 Å². The lowest BCUT2D eigenvalue weighted by molar-refractivity contribution is -0.137. The Morgan fingerprint density at radius 3 is 2.64 bits per heavy atom. The third-order valence-electron chi connectivity index (χ3n) is 5.64. The molecule has 4 nitrogen and oxygen atoms in total. The lowest BCUT2D eigenvalue weighted by Gasteiger charge is -2.29. The third-order valence-corrected chi connectivity index (χ3v) is 6.14. The van der Waals surface area contributed by atoms with E-state index < -0.39 is 12.1 Å². The van der Waals surface area contributed by atoms with Gasteiger partial charge in [0.15, 0.2) is 0 Å². The van der Waals surface area contributed by atoms with E-state index >= 15 is 0 Å². The third kappa shape index (κ3) is 6.43. The molecule has 25 heavy (non-hydrogen) atoms. The van der Waals surface area contributed by atoms with Crippen LogP contribution in [0, 0.1) is 17.8 Å². The average molecular weight is 371 g/mol. The van der Waals surface area contributed by atoms with Crippen molar-refractivity contribution in [1.29, 1.82) is 0 Å². The highest BCUT2D eigenvalue weighted by molar-refractivity contribution is 6.21. The summed E-state index contributed by atoms with van der Waals surface area (Å²) < 4.78 is 0. The number of hydrogen-bond acceptors (Lipinski definition) is 3. The second-order valence-electron chi connectivity index (χ2n) is 7.48. The molecule has 0 amide bonds. The van der Waals surface area contributed by atoms with Crippen LogP contribution in [-0.4, -0.2) is 38.9 Å². The molecule has 0 aromatic carbocycles. The first-order valence-corrected chi connectivity index (χ1v) is 9.96. The van der Waals surface area contributed by atoms with E-state index in [1.54, 1.807) is 0 Å². The van der Waals surface area contributed by atoms with Gasteiger partial charge in [0.1, 0.15) is 0 Å². The first kappa shape index (κ1) is 20.5. The maximum atomic E-state index is 10.5. The van der Waals surface area contributed by atoms with Crippen molar-refractivity contribution in [1.82, 2.24) is 0 Å². The van der Waals surface area contributed by atoms with Crippen molar-refractivity contribution in [3.05, 3.63) is 24.3 Å². The van der Waals surface area contributed by atoms with Crippen LogP contribution in [0.2, 0.25) is 0 Å². The van der Waals surface area contributed by atoms with Gasteiger partial charge in [0.25, 0.3) is 0 Å². The van der Waals surface area contributed by atoms with Gasteiger partial charge in [0.2, 0.25) is 0 Å². The molecule has 5 heteroatoms. The van der Waals surface area contributed by atoms with Gasteiger partial charge in [-0.05, 0) is 56.8 Å². The van der Waals surface area contributed by atoms with Gasteiger partial charge in [-0.3, -0.25) is 4.79 Å². The summed E-state index contributed by atoms with van der Waals surface area (Å²) in [5.74, 6) is -0.102. The number of aliphatic hydroxyl groups is 2. The Kier molecular flexibility index (Phi) is 8.47. The van der Waals surface area contributed by atoms with E-state index in [2.05, 4.69) is 6.08 Å². The molecule has 2 aliphatic carbocycles. The normalized spacial score (nSPS) is 31.6. The van der Waals surface area contributed by atoms with Crippen LogP contribution >= 0.6 is 11.6 Å². The fourth-order valence-corrected chi connectivity index (χ4v) is 4.25. The number of hydrogen-bond donors (Lipinski definition) is 3. The quantitative estimate of drug-likeness (QED) is 0.309. The highest BCUT2D eigenvalue weighted by Crippen LogP contribution is 2.39. The van der Waals surface area contributed by atoms with Gasteiger partial charge in [0, 0.05) is 17.7 Å². The summed E-state index contributed by atoms with van der Waals surface area (Å²) in [4.78, 5) is 10.5. The molecule has 0 aromatic heterocycles. The summed E-state index contributed by atoms with van der Waals surface area (Å²) in [6.45, 7) is 0. The minimum absolute atomic E-state index is 0.0276. The van der Waals surface area contributed by atoms with E-state index in [4.69, 9.17) is 16.7 Å². The Morgan fingerprint density at radius 1 is 1.24 bits per heavy atom. The molecule has 2 fully saturated rings. The van der Waals surface area contributed by atoms with Crippen LogP contribution in [0.3, 0.4) is 0 Å². The number of alkyl halides is 1. The van der Waals surface area contributed by atoms with Crippen molar-refractivity contribution in [2.75, 3.05) is 0 Å². The van der Waals surface area contributed by atoms with Gasteiger partial charge >= 0.3 is 5.97 Å². The molecule has 2 saturated carbocycles. The number of unbranched alkanes of at least 4 members (excludes halogenated alkanes) is 1. The smallest absolute Gasteiger partial charge is 0.303 e. The Hall–Kier alpha value is -0.840. The predicted octanol–water partition coefficient (Wildman–Crippen LogP) is 3.90. The molecule has 142 valence electrons. The van der Waals surface area contributed by atoms with Crippen molar-refractivity contribution < 1.29 is 20.1 Å². The van der Waals surface area contributed by atoms with Crippen LogP contribution in [0.25, 0.3) is 0 Å². The van der Waals surface area contributed by atoms with Crippen LogP contribution < -0.4 is 0 Å². The summed E-state index contributed by atoms with van der Waals surface area (Å²) in [6.07, 6.45) is 14.5. The van der Waals surface area contributed by atoms with Crippen molar-refractivity contribution in [2.24, 2.45) is 17.8 Å². The summed E-state index contributed by atoms with van der Waals surface area (Å²) in [5, 5.41) is 28.9. The zero-order valence-corrected chi connectivity index (χ0v) is 15.5. The SMILES string of the molecule is O=C(O)CCCC=CC[C@@H]1[C@@H](C=CCC(O)C2CCC2)[C@H](O)C[C@H]1Cl. The minimum atomic E-state index is -0.762. The van der Waals surface area contributed by atoms with Gasteiger partial charge in [0.05, 0.1) is 12.2 Å². The van der Waals surface area contributed by atoms with E-state index in [-0.39, 0.29) is 29.7 Å². The van der Waals surface area contributed by atoms with Crippen molar-refractivity contribution in [3.63, 3.8) is 0 Å². The second-order valence-corrected chi connectivity index (χ2v) is 8.04. The van der Waals surface area contributed by atoms with E-state index in [0.717, 1.165) is 25.7 Å². The fourth-order valence-electron chi connectivity index (χ4n) is 3.80. The molecule has 0 aromatic rings. The Bertz CT molecular complexity index is 472. The number of carboxylic acids is 1. The van der Waals surface area contributed by atoms with Crippen LogP contribution in [0.4, 0.5) is 0 Å². The molecule has 5 atom stereocenters. The Labute approximate surface area is 155 Å². The van der Waals surface area contributed by atoms with Crippen molar-refractivity contribution in [2.45, 2.75) is 75.4 Å². The lowest BCUT2D eigenvalue weighted by atomic mass is 9.80. The number of carboxylic acid groups (broad SMARTS) is 1. The van der Waals surface area contributed by atoms with Crippen LogP contribution in [0.15, 0.2) is 24.3 Å². The highest BCUT2D eigenvalue weighted by atomic mass is 35.5. The van der Waals surface area contributed by atoms with Gasteiger partial charge < -0.3 is 15.3 Å². The van der Waals surface area contributed by atoms with Crippen LogP contribution in [0.5, 0.6) is 0 Å². The summed E-state index contributed by atoms with van der Waals surface area (Å²) in [6, 6.07) is 0. The average Bonchev–Trinajstić information content (AvgIpc) is 2.75. The number of allylic oxidation sites excluding steroid dienone is 2. The van der Waals surface area contributed by atoms with Crippen LogP contribution in [0.1, 0.15) is 57.8 Å². The Morgan fingerprint density at radius 2 is 2.00 bits per heavy atom. The minimum Gasteiger partial charge on any atom is -0.481 e. The van der Waals surface area contributed by atoms with Gasteiger partial charge in [-0.2, -0.15) is 0 Å². The van der Waals surface area contributed by atoms with Gasteiger partial charge in [-0.15, -0.1) is 11.6 Å². The van der Waals surface area contributed by atoms with Crippen molar-refractivity contribution >= 4 is 17.6 Å². The van der Waals surface area contributed by atoms with Crippen LogP contribution in [-0.2, 0) is 4.79 Å². The molecule has 0 radical (unpaired) electrons. The van der Waals surface area contributed by atoms with Crippen molar-refractivity contribution in [3.8, 4) is 0 Å². The Balaban J connectivity index is 1.78. The molecule has 1 unspecified atom stereocenters. The molecule has 2 aliphatic rings. The maximum Gasteiger partial charge on any atom is 0.303 e. The number of carbonyl (C=O) groups is 1. The van der Waals surface area contributed by atoms with E-state index in [9.17, 15) is 15.0 Å². The van der Waals surface area contributed by atoms with Gasteiger partial charge in [-0.25, -0.2) is 0 Å².